The molecule has 0 aromatic carbocycles. The lowest BCUT2D eigenvalue weighted by Gasteiger charge is -2.32. The third-order valence-corrected chi connectivity index (χ3v) is 2.20. The van der Waals surface area contributed by atoms with Crippen molar-refractivity contribution in [2.75, 3.05) is 20.3 Å². The summed E-state index contributed by atoms with van der Waals surface area (Å²) in [6.45, 7) is 3.27. The van der Waals surface area contributed by atoms with Gasteiger partial charge in [0.2, 0.25) is 0 Å². The fraction of sp³-hybridized carbons (Fsp3) is 1.00. The van der Waals surface area contributed by atoms with Gasteiger partial charge in [0.15, 0.2) is 0 Å². The first-order valence-corrected chi connectivity index (χ1v) is 4.04. The van der Waals surface area contributed by atoms with Crippen LogP contribution in [0.1, 0.15) is 13.3 Å². The third kappa shape index (κ3) is 2.15. The number of ether oxygens (including phenoxy) is 2. The first kappa shape index (κ1) is 8.97. The van der Waals surface area contributed by atoms with Crippen LogP contribution in [0.3, 0.4) is 0 Å². The molecule has 1 rings (SSSR count). The Balaban J connectivity index is 2.38. The molecule has 0 saturated carbocycles. The highest BCUT2D eigenvalue weighted by Crippen LogP contribution is 2.20. The molecule has 1 saturated heterocycles. The Morgan fingerprint density at radius 2 is 2.36 bits per heavy atom. The van der Waals surface area contributed by atoms with Crippen molar-refractivity contribution in [1.29, 1.82) is 0 Å². The van der Waals surface area contributed by atoms with E-state index < -0.39 is 0 Å². The summed E-state index contributed by atoms with van der Waals surface area (Å²) in [4.78, 5) is 0. The van der Waals surface area contributed by atoms with Crippen LogP contribution in [0.2, 0.25) is 0 Å². The highest BCUT2D eigenvalue weighted by molar-refractivity contribution is 4.78. The van der Waals surface area contributed by atoms with Gasteiger partial charge in [0.1, 0.15) is 6.10 Å². The van der Waals surface area contributed by atoms with Gasteiger partial charge in [0.25, 0.3) is 0 Å². The standard InChI is InChI=1S/C8H16O3/c1-6-3-4-11-7(5-10-2)8(6)9/h6-9H,3-5H2,1-2H3/t6?,7-,8+/m1/s1. The molecule has 1 unspecified atom stereocenters. The Morgan fingerprint density at radius 1 is 1.64 bits per heavy atom. The number of aliphatic hydroxyl groups excluding tert-OH is 1. The first-order valence-electron chi connectivity index (χ1n) is 4.04. The van der Waals surface area contributed by atoms with Crippen LogP contribution < -0.4 is 0 Å². The molecule has 1 N–H and O–H groups in total. The molecule has 11 heavy (non-hydrogen) atoms. The van der Waals surface area contributed by atoms with Gasteiger partial charge in [-0.2, -0.15) is 0 Å². The van der Waals surface area contributed by atoms with Crippen LogP contribution in [0, 0.1) is 5.92 Å². The van der Waals surface area contributed by atoms with Gasteiger partial charge < -0.3 is 14.6 Å². The second-order valence-corrected chi connectivity index (χ2v) is 3.12. The molecule has 0 aromatic heterocycles. The quantitative estimate of drug-likeness (QED) is 0.636. The van der Waals surface area contributed by atoms with Crippen LogP contribution >= 0.6 is 0 Å². The minimum absolute atomic E-state index is 0.122. The van der Waals surface area contributed by atoms with E-state index in [1.807, 2.05) is 6.92 Å². The lowest BCUT2D eigenvalue weighted by molar-refractivity contribution is -0.123. The number of hydrogen-bond donors (Lipinski definition) is 1. The van der Waals surface area contributed by atoms with Crippen LogP contribution in [-0.2, 0) is 9.47 Å². The maximum atomic E-state index is 9.56. The molecule has 3 heteroatoms. The Labute approximate surface area is 67.3 Å². The van der Waals surface area contributed by atoms with Gasteiger partial charge in [-0.1, -0.05) is 6.92 Å². The predicted octanol–water partition coefficient (Wildman–Crippen LogP) is 0.419. The number of rotatable bonds is 2. The lowest BCUT2D eigenvalue weighted by Crippen LogP contribution is -2.42. The molecule has 0 aliphatic carbocycles. The molecule has 1 heterocycles. The molecule has 1 fully saturated rings. The fourth-order valence-electron chi connectivity index (χ4n) is 1.35. The van der Waals surface area contributed by atoms with E-state index in [9.17, 15) is 5.11 Å². The zero-order chi connectivity index (χ0) is 8.27. The van der Waals surface area contributed by atoms with Gasteiger partial charge in [0, 0.05) is 13.7 Å². The molecule has 0 bridgehead atoms. The Kier molecular flexibility index (Phi) is 3.30. The highest BCUT2D eigenvalue weighted by atomic mass is 16.5. The summed E-state index contributed by atoms with van der Waals surface area (Å²) < 4.78 is 10.2. The van der Waals surface area contributed by atoms with Crippen molar-refractivity contribution >= 4 is 0 Å². The zero-order valence-electron chi connectivity index (χ0n) is 7.12. The normalized spacial score (nSPS) is 39.0. The van der Waals surface area contributed by atoms with Crippen molar-refractivity contribution in [3.63, 3.8) is 0 Å². The maximum Gasteiger partial charge on any atom is 0.107 e. The van der Waals surface area contributed by atoms with Gasteiger partial charge in [-0.05, 0) is 12.3 Å². The molecular weight excluding hydrogens is 144 g/mol. The molecule has 66 valence electrons. The van der Waals surface area contributed by atoms with E-state index in [1.54, 1.807) is 7.11 Å². The Morgan fingerprint density at radius 3 is 3.00 bits per heavy atom. The van der Waals surface area contributed by atoms with E-state index in [-0.39, 0.29) is 12.2 Å². The van der Waals surface area contributed by atoms with E-state index >= 15 is 0 Å². The molecule has 0 amide bonds. The van der Waals surface area contributed by atoms with Crippen molar-refractivity contribution in [2.45, 2.75) is 25.6 Å². The number of aliphatic hydroxyl groups is 1. The molecule has 3 atom stereocenters. The summed E-state index contributed by atoms with van der Waals surface area (Å²) >= 11 is 0. The van der Waals surface area contributed by atoms with Gasteiger partial charge in [-0.25, -0.2) is 0 Å². The molecular formula is C8H16O3. The van der Waals surface area contributed by atoms with Gasteiger partial charge in [-0.3, -0.25) is 0 Å². The third-order valence-electron chi connectivity index (χ3n) is 2.20. The zero-order valence-corrected chi connectivity index (χ0v) is 7.12. The van der Waals surface area contributed by atoms with Crippen LogP contribution in [0.5, 0.6) is 0 Å². The Hall–Kier alpha value is -0.120. The summed E-state index contributed by atoms with van der Waals surface area (Å²) in [6.07, 6.45) is 0.467. The number of methoxy groups -OCH3 is 1. The van der Waals surface area contributed by atoms with Crippen LogP contribution in [0.4, 0.5) is 0 Å². The Bertz CT molecular complexity index is 114. The molecule has 3 nitrogen and oxygen atoms in total. The second kappa shape index (κ2) is 4.04. The molecule has 1 aliphatic rings. The summed E-state index contributed by atoms with van der Waals surface area (Å²) in [5.41, 5.74) is 0. The summed E-state index contributed by atoms with van der Waals surface area (Å²) in [5.74, 6) is 0.337. The second-order valence-electron chi connectivity index (χ2n) is 3.12. The van der Waals surface area contributed by atoms with Gasteiger partial charge in [0.05, 0.1) is 12.7 Å². The predicted molar refractivity (Wildman–Crippen MR) is 41.4 cm³/mol. The van der Waals surface area contributed by atoms with Crippen LogP contribution in [0.15, 0.2) is 0 Å². The van der Waals surface area contributed by atoms with Gasteiger partial charge >= 0.3 is 0 Å². The highest BCUT2D eigenvalue weighted by Gasteiger charge is 2.29. The lowest BCUT2D eigenvalue weighted by atomic mass is 9.94. The van der Waals surface area contributed by atoms with Crippen molar-refractivity contribution in [1.82, 2.24) is 0 Å². The summed E-state index contributed by atoms with van der Waals surface area (Å²) in [5, 5.41) is 9.56. The molecule has 0 spiro atoms. The van der Waals surface area contributed by atoms with E-state index in [4.69, 9.17) is 9.47 Å². The maximum absolute atomic E-state index is 9.56. The topological polar surface area (TPSA) is 38.7 Å². The average molecular weight is 160 g/mol. The first-order chi connectivity index (χ1) is 5.25. The van der Waals surface area contributed by atoms with E-state index in [0.29, 0.717) is 12.5 Å². The SMILES string of the molecule is COC[C@H]1OCCC(C)[C@@H]1O. The van der Waals surface area contributed by atoms with E-state index in [2.05, 4.69) is 0 Å². The summed E-state index contributed by atoms with van der Waals surface area (Å²) in [7, 11) is 1.62. The van der Waals surface area contributed by atoms with Crippen LogP contribution in [-0.4, -0.2) is 37.6 Å². The van der Waals surface area contributed by atoms with E-state index in [0.717, 1.165) is 13.0 Å². The van der Waals surface area contributed by atoms with Crippen LogP contribution in [0.25, 0.3) is 0 Å². The fourth-order valence-corrected chi connectivity index (χ4v) is 1.35. The number of hydrogen-bond acceptors (Lipinski definition) is 3. The summed E-state index contributed by atoms with van der Waals surface area (Å²) in [6, 6.07) is 0. The average Bonchev–Trinajstić information content (AvgIpc) is 1.99. The van der Waals surface area contributed by atoms with E-state index in [1.165, 1.54) is 0 Å². The largest absolute Gasteiger partial charge is 0.390 e. The minimum atomic E-state index is -0.358. The van der Waals surface area contributed by atoms with Gasteiger partial charge in [-0.15, -0.1) is 0 Å². The van der Waals surface area contributed by atoms with Crippen molar-refractivity contribution in [3.8, 4) is 0 Å². The molecule has 1 aliphatic heterocycles. The minimum Gasteiger partial charge on any atom is -0.390 e. The van der Waals surface area contributed by atoms with Crippen molar-refractivity contribution in [3.05, 3.63) is 0 Å². The monoisotopic (exact) mass is 160 g/mol. The van der Waals surface area contributed by atoms with Crippen molar-refractivity contribution in [2.24, 2.45) is 5.92 Å². The molecule has 0 radical (unpaired) electrons. The molecule has 0 aromatic rings. The van der Waals surface area contributed by atoms with Crippen molar-refractivity contribution < 1.29 is 14.6 Å². The smallest absolute Gasteiger partial charge is 0.107 e.